The Balaban J connectivity index is 1.39. The van der Waals surface area contributed by atoms with E-state index < -0.39 is 0 Å². The topological polar surface area (TPSA) is 71.5 Å². The van der Waals surface area contributed by atoms with E-state index >= 15 is 0 Å². The maximum absolute atomic E-state index is 12.8. The predicted octanol–water partition coefficient (Wildman–Crippen LogP) is 4.96. The molecule has 1 aromatic heterocycles. The van der Waals surface area contributed by atoms with Gasteiger partial charge in [-0.25, -0.2) is 0 Å². The van der Waals surface area contributed by atoms with Crippen LogP contribution in [0.2, 0.25) is 0 Å². The van der Waals surface area contributed by atoms with Gasteiger partial charge in [-0.15, -0.1) is 0 Å². The van der Waals surface area contributed by atoms with E-state index in [1.807, 2.05) is 36.1 Å². The standard InChI is InChI=1S/C26H29N3O3/c1-17-9-14-23(22-8-5-15-27-25(17)22)28-26(31)20-10-12-21(13-11-20)32-16-24(30)29-18(2)6-4-7-19(29)3/h5,8-15,18-19H,4,6-7,16H2,1-3H3,(H,28,31). The van der Waals surface area contributed by atoms with Crippen molar-refractivity contribution >= 4 is 28.4 Å². The number of carbonyl (C=O) groups excluding carboxylic acids is 2. The van der Waals surface area contributed by atoms with Gasteiger partial charge < -0.3 is 15.0 Å². The number of aryl methyl sites for hydroxylation is 1. The number of nitrogens with zero attached hydrogens (tertiary/aromatic N) is 2. The number of amides is 2. The van der Waals surface area contributed by atoms with Crippen molar-refractivity contribution in [2.24, 2.45) is 0 Å². The van der Waals surface area contributed by atoms with E-state index in [4.69, 9.17) is 4.74 Å². The number of likely N-dealkylation sites (tertiary alicyclic amines) is 1. The fourth-order valence-corrected chi connectivity index (χ4v) is 4.45. The van der Waals surface area contributed by atoms with Gasteiger partial charge in [-0.3, -0.25) is 14.6 Å². The van der Waals surface area contributed by atoms with Crippen LogP contribution >= 0.6 is 0 Å². The number of anilines is 1. The van der Waals surface area contributed by atoms with E-state index in [0.29, 0.717) is 11.3 Å². The lowest BCUT2D eigenvalue weighted by molar-refractivity contribution is -0.139. The Morgan fingerprint density at radius 1 is 1.06 bits per heavy atom. The van der Waals surface area contributed by atoms with Crippen LogP contribution < -0.4 is 10.1 Å². The molecule has 2 atom stereocenters. The van der Waals surface area contributed by atoms with Crippen molar-refractivity contribution < 1.29 is 14.3 Å². The summed E-state index contributed by atoms with van der Waals surface area (Å²) >= 11 is 0. The maximum Gasteiger partial charge on any atom is 0.260 e. The van der Waals surface area contributed by atoms with Crippen LogP contribution in [-0.2, 0) is 4.79 Å². The third kappa shape index (κ3) is 4.59. The summed E-state index contributed by atoms with van der Waals surface area (Å²) in [6.45, 7) is 6.18. The summed E-state index contributed by atoms with van der Waals surface area (Å²) < 4.78 is 5.71. The van der Waals surface area contributed by atoms with Gasteiger partial charge in [0.05, 0.1) is 11.2 Å². The van der Waals surface area contributed by atoms with Crippen LogP contribution in [0.1, 0.15) is 49.0 Å². The molecule has 32 heavy (non-hydrogen) atoms. The molecular formula is C26H29N3O3. The first-order valence-electron chi connectivity index (χ1n) is 11.1. The van der Waals surface area contributed by atoms with Crippen LogP contribution in [-0.4, -0.2) is 40.4 Å². The second-order valence-corrected chi connectivity index (χ2v) is 8.53. The summed E-state index contributed by atoms with van der Waals surface area (Å²) in [5, 5.41) is 3.87. The Morgan fingerprint density at radius 2 is 1.78 bits per heavy atom. The molecule has 0 bridgehead atoms. The number of nitrogens with one attached hydrogen (secondary N) is 1. The average molecular weight is 432 g/mol. The third-order valence-corrected chi connectivity index (χ3v) is 6.18. The molecule has 1 saturated heterocycles. The molecule has 6 nitrogen and oxygen atoms in total. The van der Waals surface area contributed by atoms with Gasteiger partial charge in [-0.1, -0.05) is 6.07 Å². The number of rotatable bonds is 5. The van der Waals surface area contributed by atoms with Gasteiger partial charge in [0.1, 0.15) is 5.75 Å². The highest BCUT2D eigenvalue weighted by molar-refractivity contribution is 6.09. The maximum atomic E-state index is 12.8. The lowest BCUT2D eigenvalue weighted by Gasteiger charge is -2.38. The van der Waals surface area contributed by atoms with Crippen LogP contribution in [0.4, 0.5) is 5.69 Å². The molecule has 166 valence electrons. The van der Waals surface area contributed by atoms with E-state index in [0.717, 1.165) is 41.4 Å². The molecule has 0 aliphatic carbocycles. The Hall–Kier alpha value is -3.41. The molecule has 1 aliphatic heterocycles. The first-order valence-corrected chi connectivity index (χ1v) is 11.1. The summed E-state index contributed by atoms with van der Waals surface area (Å²) in [5.74, 6) is 0.362. The number of pyridine rings is 1. The van der Waals surface area contributed by atoms with Crippen molar-refractivity contribution in [2.75, 3.05) is 11.9 Å². The highest BCUT2D eigenvalue weighted by Crippen LogP contribution is 2.26. The molecule has 2 amide bonds. The lowest BCUT2D eigenvalue weighted by Crippen LogP contribution is -2.49. The monoisotopic (exact) mass is 431 g/mol. The van der Waals surface area contributed by atoms with E-state index in [1.54, 1.807) is 30.5 Å². The van der Waals surface area contributed by atoms with Crippen molar-refractivity contribution in [1.29, 1.82) is 0 Å². The van der Waals surface area contributed by atoms with Crippen molar-refractivity contribution in [2.45, 2.75) is 52.1 Å². The molecule has 6 heteroatoms. The average Bonchev–Trinajstić information content (AvgIpc) is 2.80. The molecule has 0 saturated carbocycles. The number of carbonyl (C=O) groups is 2. The van der Waals surface area contributed by atoms with Gasteiger partial charge >= 0.3 is 0 Å². The van der Waals surface area contributed by atoms with E-state index in [9.17, 15) is 9.59 Å². The molecule has 0 radical (unpaired) electrons. The van der Waals surface area contributed by atoms with Gasteiger partial charge in [-0.2, -0.15) is 0 Å². The molecule has 1 N–H and O–H groups in total. The molecule has 2 unspecified atom stereocenters. The van der Waals surface area contributed by atoms with Gasteiger partial charge in [0.25, 0.3) is 11.8 Å². The third-order valence-electron chi connectivity index (χ3n) is 6.18. The second-order valence-electron chi connectivity index (χ2n) is 8.53. The summed E-state index contributed by atoms with van der Waals surface area (Å²) in [7, 11) is 0. The van der Waals surface area contributed by atoms with E-state index in [2.05, 4.69) is 24.1 Å². The Bertz CT molecular complexity index is 1120. The number of hydrogen-bond donors (Lipinski definition) is 1. The zero-order valence-corrected chi connectivity index (χ0v) is 18.8. The summed E-state index contributed by atoms with van der Waals surface area (Å²) in [5.41, 5.74) is 3.16. The van der Waals surface area contributed by atoms with Crippen LogP contribution in [0.15, 0.2) is 54.7 Å². The number of piperidine rings is 1. The van der Waals surface area contributed by atoms with Crippen molar-refractivity contribution in [3.05, 3.63) is 65.9 Å². The number of hydrogen-bond acceptors (Lipinski definition) is 4. The lowest BCUT2D eigenvalue weighted by atomic mass is 9.97. The van der Waals surface area contributed by atoms with Crippen LogP contribution in [0, 0.1) is 6.92 Å². The van der Waals surface area contributed by atoms with Crippen LogP contribution in [0.5, 0.6) is 5.75 Å². The zero-order chi connectivity index (χ0) is 22.7. The fraction of sp³-hybridized carbons (Fsp3) is 0.346. The summed E-state index contributed by atoms with van der Waals surface area (Å²) in [6.07, 6.45) is 4.97. The van der Waals surface area contributed by atoms with Crippen LogP contribution in [0.25, 0.3) is 10.9 Å². The van der Waals surface area contributed by atoms with Gasteiger partial charge in [-0.05, 0) is 88.1 Å². The smallest absolute Gasteiger partial charge is 0.260 e. The predicted molar refractivity (Wildman–Crippen MR) is 126 cm³/mol. The number of aromatic nitrogens is 1. The Labute approximate surface area is 188 Å². The Kier molecular flexibility index (Phi) is 6.40. The fourth-order valence-electron chi connectivity index (χ4n) is 4.45. The quantitative estimate of drug-likeness (QED) is 0.620. The SMILES string of the molecule is Cc1ccc(NC(=O)c2ccc(OCC(=O)N3C(C)CCCC3C)cc2)c2cccnc12. The van der Waals surface area contributed by atoms with Gasteiger partial charge in [0.2, 0.25) is 0 Å². The molecule has 3 aromatic rings. The number of benzene rings is 2. The first-order chi connectivity index (χ1) is 15.4. The molecule has 2 aromatic carbocycles. The number of ether oxygens (including phenoxy) is 1. The molecule has 1 aliphatic rings. The van der Waals surface area contributed by atoms with Crippen molar-refractivity contribution in [3.8, 4) is 5.75 Å². The Morgan fingerprint density at radius 3 is 2.50 bits per heavy atom. The largest absolute Gasteiger partial charge is 0.484 e. The summed E-state index contributed by atoms with van der Waals surface area (Å²) in [4.78, 5) is 31.7. The normalized spacial score (nSPS) is 18.4. The van der Waals surface area contributed by atoms with Crippen molar-refractivity contribution in [1.82, 2.24) is 9.88 Å². The van der Waals surface area contributed by atoms with Gasteiger partial charge in [0.15, 0.2) is 6.61 Å². The minimum atomic E-state index is -0.211. The van der Waals surface area contributed by atoms with E-state index in [1.165, 1.54) is 0 Å². The molecular weight excluding hydrogens is 402 g/mol. The highest BCUT2D eigenvalue weighted by Gasteiger charge is 2.29. The highest BCUT2D eigenvalue weighted by atomic mass is 16.5. The summed E-state index contributed by atoms with van der Waals surface area (Å²) in [6, 6.07) is 15.0. The van der Waals surface area contributed by atoms with Gasteiger partial charge in [0, 0.05) is 29.2 Å². The minimum Gasteiger partial charge on any atom is -0.484 e. The molecule has 1 fully saturated rings. The molecule has 2 heterocycles. The van der Waals surface area contributed by atoms with Crippen LogP contribution in [0.3, 0.4) is 0 Å². The first kappa shape index (κ1) is 21.8. The minimum absolute atomic E-state index is 0.00256. The molecule has 4 rings (SSSR count). The zero-order valence-electron chi connectivity index (χ0n) is 18.8. The second kappa shape index (κ2) is 9.39. The van der Waals surface area contributed by atoms with Crippen molar-refractivity contribution in [3.63, 3.8) is 0 Å². The number of fused-ring (bicyclic) bond motifs is 1. The molecule has 0 spiro atoms. The van der Waals surface area contributed by atoms with E-state index in [-0.39, 0.29) is 30.5 Å².